The predicted molar refractivity (Wildman–Crippen MR) is 133 cm³/mol. The molecule has 1 aromatic carbocycles. The third-order valence-corrected chi connectivity index (χ3v) is 7.67. The van der Waals surface area contributed by atoms with Crippen LogP contribution in [0.5, 0.6) is 0 Å². The van der Waals surface area contributed by atoms with E-state index in [1.165, 1.54) is 30.2 Å². The Morgan fingerprint density at radius 2 is 1.94 bits per heavy atom. The van der Waals surface area contributed by atoms with Gasteiger partial charge in [-0.2, -0.15) is 0 Å². The van der Waals surface area contributed by atoms with Gasteiger partial charge in [0, 0.05) is 18.0 Å². The van der Waals surface area contributed by atoms with Crippen LogP contribution in [0.25, 0.3) is 10.2 Å². The number of rotatable bonds is 9. The number of carbonyl (C=O) groups excluding carboxylic acids is 2. The van der Waals surface area contributed by atoms with Gasteiger partial charge in [0.05, 0.1) is 23.3 Å². The minimum Gasteiger partial charge on any atom is -0.465 e. The zero-order valence-electron chi connectivity index (χ0n) is 19.6. The molecule has 0 saturated carbocycles. The van der Waals surface area contributed by atoms with E-state index in [1.54, 1.807) is 28.8 Å². The maximum atomic E-state index is 13.2. The number of esters is 1. The highest BCUT2D eigenvalue weighted by Gasteiger charge is 2.21. The number of aromatic nitrogens is 2. The fourth-order valence-corrected chi connectivity index (χ4v) is 5.36. The van der Waals surface area contributed by atoms with Gasteiger partial charge in [0.1, 0.15) is 4.83 Å². The molecule has 2 aromatic heterocycles. The number of nitrogens with zero attached hydrogens (tertiary/aromatic N) is 2. The maximum Gasteiger partial charge on any atom is 0.337 e. The van der Waals surface area contributed by atoms with Gasteiger partial charge in [-0.3, -0.25) is 14.2 Å². The van der Waals surface area contributed by atoms with Gasteiger partial charge >= 0.3 is 5.97 Å². The lowest BCUT2D eigenvalue weighted by Crippen LogP contribution is -2.31. The number of aryl methyl sites for hydroxylation is 2. The Balaban J connectivity index is 1.75. The Labute approximate surface area is 201 Å². The van der Waals surface area contributed by atoms with E-state index >= 15 is 0 Å². The van der Waals surface area contributed by atoms with Gasteiger partial charge in [0.15, 0.2) is 5.16 Å². The topological polar surface area (TPSA) is 90.3 Å². The van der Waals surface area contributed by atoms with E-state index in [2.05, 4.69) is 12.2 Å². The lowest BCUT2D eigenvalue weighted by Gasteiger charge is -2.16. The Hall–Kier alpha value is -2.65. The second kappa shape index (κ2) is 11.0. The molecule has 2 heterocycles. The molecule has 7 nitrogen and oxygen atoms in total. The fourth-order valence-electron chi connectivity index (χ4n) is 3.33. The van der Waals surface area contributed by atoms with Gasteiger partial charge in [0.2, 0.25) is 5.91 Å². The highest BCUT2D eigenvalue weighted by Crippen LogP contribution is 2.30. The van der Waals surface area contributed by atoms with E-state index in [0.29, 0.717) is 29.2 Å². The number of thioether (sulfide) groups is 1. The molecule has 0 aliphatic rings. The van der Waals surface area contributed by atoms with E-state index in [9.17, 15) is 14.4 Å². The lowest BCUT2D eigenvalue weighted by atomic mass is 10.1. The summed E-state index contributed by atoms with van der Waals surface area (Å²) in [6, 6.07) is 6.90. The molecule has 9 heteroatoms. The molecule has 0 radical (unpaired) electrons. The van der Waals surface area contributed by atoms with E-state index < -0.39 is 11.2 Å². The Morgan fingerprint density at radius 1 is 1.24 bits per heavy atom. The highest BCUT2D eigenvalue weighted by molar-refractivity contribution is 8.00. The average Bonchev–Trinajstić information content (AvgIpc) is 3.10. The molecule has 176 valence electrons. The van der Waals surface area contributed by atoms with Crippen molar-refractivity contribution in [2.45, 2.75) is 64.0 Å². The minimum atomic E-state index is -0.432. The molecule has 1 N–H and O–H groups in total. The molecule has 3 aromatic rings. The van der Waals surface area contributed by atoms with Gasteiger partial charge < -0.3 is 10.1 Å². The van der Waals surface area contributed by atoms with Crippen molar-refractivity contribution < 1.29 is 14.3 Å². The first-order valence-corrected chi connectivity index (χ1v) is 12.6. The van der Waals surface area contributed by atoms with Gasteiger partial charge in [-0.25, -0.2) is 9.78 Å². The summed E-state index contributed by atoms with van der Waals surface area (Å²) < 4.78 is 6.41. The Morgan fingerprint density at radius 3 is 2.58 bits per heavy atom. The molecule has 33 heavy (non-hydrogen) atoms. The number of nitrogens with one attached hydrogen (secondary N) is 1. The number of ether oxygens (including phenoxy) is 1. The number of fused-ring (bicyclic) bond motifs is 1. The standard InChI is InChI=1S/C24H29N3O4S2/c1-6-7-12-27-22(29)19-14(2)15(3)32-21(19)26-24(27)33-16(4)20(28)25-13-17-8-10-18(11-9-17)23(30)31-5/h8-11,16H,6-7,12-13H2,1-5H3,(H,25,28). The normalized spacial score (nSPS) is 12.0. The van der Waals surface area contributed by atoms with Gasteiger partial charge in [-0.05, 0) is 50.5 Å². The van der Waals surface area contributed by atoms with Crippen LogP contribution in [0, 0.1) is 13.8 Å². The van der Waals surface area contributed by atoms with Crippen LogP contribution in [-0.4, -0.2) is 33.8 Å². The van der Waals surface area contributed by atoms with Crippen LogP contribution in [-0.2, 0) is 22.6 Å². The molecule has 0 aliphatic heterocycles. The van der Waals surface area contributed by atoms with E-state index in [4.69, 9.17) is 9.72 Å². The van der Waals surface area contributed by atoms with Gasteiger partial charge in [-0.15, -0.1) is 11.3 Å². The van der Waals surface area contributed by atoms with E-state index in [-0.39, 0.29) is 11.5 Å². The molecular formula is C24H29N3O4S2. The van der Waals surface area contributed by atoms with Crippen molar-refractivity contribution >= 4 is 45.2 Å². The second-order valence-corrected chi connectivity index (χ2v) is 10.3. The molecule has 0 fully saturated rings. The predicted octanol–water partition coefficient (Wildman–Crippen LogP) is 4.46. The van der Waals surface area contributed by atoms with Crippen molar-refractivity contribution in [1.82, 2.24) is 14.9 Å². The Kier molecular flexibility index (Phi) is 8.31. The van der Waals surface area contributed by atoms with Crippen molar-refractivity contribution in [2.75, 3.05) is 7.11 Å². The van der Waals surface area contributed by atoms with Gasteiger partial charge in [0.25, 0.3) is 5.56 Å². The van der Waals surface area contributed by atoms with Gasteiger partial charge in [-0.1, -0.05) is 37.2 Å². The third kappa shape index (κ3) is 5.65. The summed E-state index contributed by atoms with van der Waals surface area (Å²) in [5.41, 5.74) is 2.29. The Bertz CT molecular complexity index is 1220. The van der Waals surface area contributed by atoms with Crippen molar-refractivity contribution in [3.8, 4) is 0 Å². The van der Waals surface area contributed by atoms with Crippen LogP contribution in [0.1, 0.15) is 53.1 Å². The monoisotopic (exact) mass is 487 g/mol. The molecule has 0 bridgehead atoms. The molecule has 0 saturated heterocycles. The molecule has 0 spiro atoms. The smallest absolute Gasteiger partial charge is 0.337 e. The summed E-state index contributed by atoms with van der Waals surface area (Å²) in [6.07, 6.45) is 1.83. The zero-order valence-corrected chi connectivity index (χ0v) is 21.2. The second-order valence-electron chi connectivity index (χ2n) is 7.83. The quantitative estimate of drug-likeness (QED) is 0.272. The first-order valence-electron chi connectivity index (χ1n) is 10.9. The van der Waals surface area contributed by atoms with Crippen LogP contribution in [0.15, 0.2) is 34.2 Å². The van der Waals surface area contributed by atoms with Crippen LogP contribution >= 0.6 is 23.1 Å². The van der Waals surface area contributed by atoms with Crippen molar-refractivity contribution in [3.05, 3.63) is 56.2 Å². The molecule has 1 amide bonds. The zero-order chi connectivity index (χ0) is 24.1. The fraction of sp³-hybridized carbons (Fsp3) is 0.417. The number of carbonyl (C=O) groups is 2. The summed E-state index contributed by atoms with van der Waals surface area (Å²) in [6.45, 7) is 8.77. The summed E-state index contributed by atoms with van der Waals surface area (Å²) in [4.78, 5) is 44.1. The SMILES string of the molecule is CCCCn1c(SC(C)C(=O)NCc2ccc(C(=O)OC)cc2)nc2sc(C)c(C)c2c1=O. The largest absolute Gasteiger partial charge is 0.465 e. The third-order valence-electron chi connectivity index (χ3n) is 5.48. The molecule has 1 unspecified atom stereocenters. The number of benzene rings is 1. The number of thiophene rings is 1. The average molecular weight is 488 g/mol. The highest BCUT2D eigenvalue weighted by atomic mass is 32.2. The van der Waals surface area contributed by atoms with E-state index in [0.717, 1.165) is 33.7 Å². The number of unbranched alkanes of at least 4 members (excludes halogenated alkanes) is 1. The van der Waals surface area contributed by atoms with Crippen LogP contribution < -0.4 is 10.9 Å². The van der Waals surface area contributed by atoms with Crippen molar-refractivity contribution in [1.29, 1.82) is 0 Å². The molecule has 0 aliphatic carbocycles. The number of amides is 1. The van der Waals surface area contributed by atoms with Crippen LogP contribution in [0.4, 0.5) is 0 Å². The number of hydrogen-bond acceptors (Lipinski definition) is 7. The first kappa shape index (κ1) is 25.0. The summed E-state index contributed by atoms with van der Waals surface area (Å²) in [5.74, 6) is -0.544. The molecule has 1 atom stereocenters. The molecular weight excluding hydrogens is 458 g/mol. The molecule has 3 rings (SSSR count). The number of methoxy groups -OCH3 is 1. The summed E-state index contributed by atoms with van der Waals surface area (Å²) in [7, 11) is 1.34. The van der Waals surface area contributed by atoms with E-state index in [1.807, 2.05) is 20.8 Å². The van der Waals surface area contributed by atoms with Crippen LogP contribution in [0.2, 0.25) is 0 Å². The van der Waals surface area contributed by atoms with Crippen molar-refractivity contribution in [2.24, 2.45) is 0 Å². The summed E-state index contributed by atoms with van der Waals surface area (Å²) in [5, 5.41) is 3.75. The lowest BCUT2D eigenvalue weighted by molar-refractivity contribution is -0.120. The maximum absolute atomic E-state index is 13.2. The van der Waals surface area contributed by atoms with Crippen LogP contribution in [0.3, 0.4) is 0 Å². The first-order chi connectivity index (χ1) is 15.8. The minimum absolute atomic E-state index is 0.0314. The van der Waals surface area contributed by atoms with Crippen molar-refractivity contribution in [3.63, 3.8) is 0 Å². The number of hydrogen-bond donors (Lipinski definition) is 1. The summed E-state index contributed by atoms with van der Waals surface area (Å²) >= 11 is 2.82.